The number of hydrogen-bond acceptors (Lipinski definition) is 6. The number of nitrogens with zero attached hydrogens (tertiary/aromatic N) is 3. The van der Waals surface area contributed by atoms with Gasteiger partial charge < -0.3 is 4.74 Å². The van der Waals surface area contributed by atoms with Gasteiger partial charge in [0.2, 0.25) is 10.0 Å². The highest BCUT2D eigenvalue weighted by molar-refractivity contribution is 7.92. The van der Waals surface area contributed by atoms with Crippen LogP contribution >= 0.6 is 11.6 Å². The molecular formula is C22H23ClN4O4S. The number of fused-ring (bicyclic) bond motifs is 1. The highest BCUT2D eigenvalue weighted by Gasteiger charge is 2.22. The Morgan fingerprint density at radius 3 is 2.69 bits per heavy atom. The third-order valence-electron chi connectivity index (χ3n) is 4.93. The van der Waals surface area contributed by atoms with Gasteiger partial charge in [-0.2, -0.15) is 5.10 Å². The van der Waals surface area contributed by atoms with Crippen LogP contribution in [0.4, 0.5) is 5.69 Å². The minimum atomic E-state index is -3.69. The molecular weight excluding hydrogens is 452 g/mol. The first-order valence-corrected chi connectivity index (χ1v) is 11.8. The third-order valence-corrected chi connectivity index (χ3v) is 6.36. The Labute approximate surface area is 191 Å². The summed E-state index contributed by atoms with van der Waals surface area (Å²) in [5.41, 5.74) is 5.66. The molecule has 0 spiro atoms. The standard InChI is InChI=1S/C22H23ClN4O4S/c1-14-6-5-7-20(15(14)2)27(32(4,29)30)13-21(28)26-24-12-17-10-16-8-9-18(31-3)11-19(16)25-22(17)23/h5-12H,13H2,1-4H3,(H,26,28)/b24-12-. The summed E-state index contributed by atoms with van der Waals surface area (Å²) in [6.07, 6.45) is 2.42. The maximum Gasteiger partial charge on any atom is 0.260 e. The molecule has 0 saturated carbocycles. The van der Waals surface area contributed by atoms with E-state index in [2.05, 4.69) is 15.5 Å². The molecule has 3 rings (SSSR count). The lowest BCUT2D eigenvalue weighted by Crippen LogP contribution is -2.39. The number of nitrogens with one attached hydrogen (secondary N) is 1. The van der Waals surface area contributed by atoms with Crippen LogP contribution in [0.3, 0.4) is 0 Å². The number of aryl methyl sites for hydroxylation is 1. The first kappa shape index (κ1) is 23.5. The van der Waals surface area contributed by atoms with E-state index in [0.29, 0.717) is 22.5 Å². The van der Waals surface area contributed by atoms with Crippen LogP contribution in [0.25, 0.3) is 10.9 Å². The first-order valence-electron chi connectivity index (χ1n) is 9.60. The topological polar surface area (TPSA) is 101 Å². The van der Waals surface area contributed by atoms with Crippen molar-refractivity contribution in [2.75, 3.05) is 24.2 Å². The Hall–Kier alpha value is -3.17. The first-order chi connectivity index (χ1) is 15.1. The predicted molar refractivity (Wildman–Crippen MR) is 127 cm³/mol. The van der Waals surface area contributed by atoms with Crippen molar-refractivity contribution in [1.82, 2.24) is 10.4 Å². The summed E-state index contributed by atoms with van der Waals surface area (Å²) in [5.74, 6) is 0.0659. The zero-order valence-corrected chi connectivity index (χ0v) is 19.7. The molecule has 32 heavy (non-hydrogen) atoms. The van der Waals surface area contributed by atoms with Crippen molar-refractivity contribution in [1.29, 1.82) is 0 Å². The normalized spacial score (nSPS) is 11.7. The maximum atomic E-state index is 12.4. The van der Waals surface area contributed by atoms with Crippen LogP contribution in [0.1, 0.15) is 16.7 Å². The number of methoxy groups -OCH3 is 1. The molecule has 0 unspecified atom stereocenters. The Balaban J connectivity index is 1.77. The maximum absolute atomic E-state index is 12.4. The van der Waals surface area contributed by atoms with Gasteiger partial charge in [0.1, 0.15) is 17.4 Å². The number of hydrazone groups is 1. The van der Waals surface area contributed by atoms with Gasteiger partial charge >= 0.3 is 0 Å². The number of sulfonamides is 1. The van der Waals surface area contributed by atoms with Gasteiger partial charge in [-0.05, 0) is 49.2 Å². The van der Waals surface area contributed by atoms with Crippen LogP contribution in [-0.2, 0) is 14.8 Å². The van der Waals surface area contributed by atoms with Gasteiger partial charge in [-0.1, -0.05) is 23.7 Å². The van der Waals surface area contributed by atoms with E-state index < -0.39 is 22.5 Å². The minimum absolute atomic E-state index is 0.205. The van der Waals surface area contributed by atoms with E-state index in [-0.39, 0.29) is 5.15 Å². The fraction of sp³-hybridized carbons (Fsp3) is 0.227. The molecule has 0 atom stereocenters. The average Bonchev–Trinajstić information content (AvgIpc) is 2.73. The number of halogens is 1. The molecule has 1 amide bonds. The fourth-order valence-electron chi connectivity index (χ4n) is 3.08. The van der Waals surface area contributed by atoms with Gasteiger partial charge in [0.05, 0.1) is 30.8 Å². The Bertz CT molecular complexity index is 1310. The quantitative estimate of drug-likeness (QED) is 0.321. The van der Waals surface area contributed by atoms with Crippen LogP contribution in [-0.4, -0.2) is 45.4 Å². The van der Waals surface area contributed by atoms with Gasteiger partial charge in [0.25, 0.3) is 5.91 Å². The highest BCUT2D eigenvalue weighted by atomic mass is 35.5. The minimum Gasteiger partial charge on any atom is -0.497 e. The molecule has 0 aliphatic heterocycles. The number of carbonyl (C=O) groups excluding carboxylic acids is 1. The van der Waals surface area contributed by atoms with Crippen molar-refractivity contribution in [2.45, 2.75) is 13.8 Å². The number of benzene rings is 2. The number of ether oxygens (including phenoxy) is 1. The molecule has 1 N–H and O–H groups in total. The van der Waals surface area contributed by atoms with Crippen LogP contribution in [0.15, 0.2) is 47.6 Å². The third kappa shape index (κ3) is 5.35. The van der Waals surface area contributed by atoms with E-state index in [4.69, 9.17) is 16.3 Å². The van der Waals surface area contributed by atoms with Crippen molar-refractivity contribution in [2.24, 2.45) is 5.10 Å². The summed E-state index contributed by atoms with van der Waals surface area (Å²) in [7, 11) is -2.12. The van der Waals surface area contributed by atoms with E-state index in [1.54, 1.807) is 37.4 Å². The van der Waals surface area contributed by atoms with Gasteiger partial charge in [0.15, 0.2) is 0 Å². The van der Waals surface area contributed by atoms with E-state index in [9.17, 15) is 13.2 Å². The van der Waals surface area contributed by atoms with Crippen LogP contribution < -0.4 is 14.5 Å². The number of anilines is 1. The molecule has 1 aromatic heterocycles. The van der Waals surface area contributed by atoms with Gasteiger partial charge in [0, 0.05) is 17.0 Å². The van der Waals surface area contributed by atoms with E-state index in [1.165, 1.54) is 6.21 Å². The second kappa shape index (κ2) is 9.54. The second-order valence-corrected chi connectivity index (χ2v) is 9.47. The Kier molecular flexibility index (Phi) is 7.00. The molecule has 0 aliphatic rings. The number of rotatable bonds is 7. The van der Waals surface area contributed by atoms with Crippen molar-refractivity contribution in [3.63, 3.8) is 0 Å². The van der Waals surface area contributed by atoms with Crippen LogP contribution in [0, 0.1) is 13.8 Å². The summed E-state index contributed by atoms with van der Waals surface area (Å²) >= 11 is 6.23. The second-order valence-electron chi connectivity index (χ2n) is 7.21. The molecule has 0 saturated heterocycles. The number of amides is 1. The van der Waals surface area contributed by atoms with Crippen LogP contribution in [0.5, 0.6) is 5.75 Å². The van der Waals surface area contributed by atoms with Crippen LogP contribution in [0.2, 0.25) is 5.15 Å². The average molecular weight is 475 g/mol. The summed E-state index contributed by atoms with van der Waals surface area (Å²) in [5, 5.41) is 4.94. The van der Waals surface area contributed by atoms with E-state index >= 15 is 0 Å². The molecule has 1 heterocycles. The molecule has 0 fully saturated rings. The monoisotopic (exact) mass is 474 g/mol. The zero-order valence-electron chi connectivity index (χ0n) is 18.1. The summed E-state index contributed by atoms with van der Waals surface area (Å²) < 4.78 is 30.9. The lowest BCUT2D eigenvalue weighted by molar-refractivity contribution is -0.119. The molecule has 0 aliphatic carbocycles. The Morgan fingerprint density at radius 2 is 2.00 bits per heavy atom. The Morgan fingerprint density at radius 1 is 1.25 bits per heavy atom. The zero-order chi connectivity index (χ0) is 23.5. The molecule has 8 nitrogen and oxygen atoms in total. The van der Waals surface area contributed by atoms with Crippen molar-refractivity contribution in [3.05, 3.63) is 64.3 Å². The molecule has 10 heteroatoms. The van der Waals surface area contributed by atoms with E-state index in [1.807, 2.05) is 26.0 Å². The van der Waals surface area contributed by atoms with Gasteiger partial charge in [-0.15, -0.1) is 0 Å². The van der Waals surface area contributed by atoms with Crippen molar-refractivity contribution < 1.29 is 17.9 Å². The van der Waals surface area contributed by atoms with E-state index in [0.717, 1.165) is 27.1 Å². The van der Waals surface area contributed by atoms with Gasteiger partial charge in [-0.3, -0.25) is 9.10 Å². The predicted octanol–water partition coefficient (Wildman–Crippen LogP) is 3.43. The summed E-state index contributed by atoms with van der Waals surface area (Å²) in [4.78, 5) is 16.7. The number of hydrogen-bond donors (Lipinski definition) is 1. The lowest BCUT2D eigenvalue weighted by atomic mass is 10.1. The molecule has 0 bridgehead atoms. The summed E-state index contributed by atoms with van der Waals surface area (Å²) in [6, 6.07) is 12.5. The molecule has 168 valence electrons. The number of pyridine rings is 1. The fourth-order valence-corrected chi connectivity index (χ4v) is 4.18. The summed E-state index contributed by atoms with van der Waals surface area (Å²) in [6.45, 7) is 3.27. The number of aromatic nitrogens is 1. The lowest BCUT2D eigenvalue weighted by Gasteiger charge is -2.23. The smallest absolute Gasteiger partial charge is 0.260 e. The van der Waals surface area contributed by atoms with Crippen molar-refractivity contribution >= 4 is 50.3 Å². The SMILES string of the molecule is COc1ccc2cc(/C=N\NC(=O)CN(c3cccc(C)c3C)S(C)(=O)=O)c(Cl)nc2c1. The van der Waals surface area contributed by atoms with Gasteiger partial charge in [-0.25, -0.2) is 18.8 Å². The van der Waals surface area contributed by atoms with Crippen molar-refractivity contribution in [3.8, 4) is 5.75 Å². The molecule has 2 aromatic carbocycles. The highest BCUT2D eigenvalue weighted by Crippen LogP contribution is 2.25. The number of carbonyl (C=O) groups is 1. The molecule has 0 radical (unpaired) electrons. The largest absolute Gasteiger partial charge is 0.497 e. The molecule has 3 aromatic rings.